The number of carbonyl (C=O) groups excluding carboxylic acids is 5. The lowest BCUT2D eigenvalue weighted by Gasteiger charge is -2.24. The number of carboxylic acid groups (broad SMARTS) is 1. The number of rotatable bonds is 19. The molecule has 0 radical (unpaired) electrons. The Morgan fingerprint density at radius 1 is 0.703 bits per heavy atom. The van der Waals surface area contributed by atoms with Crippen molar-refractivity contribution >= 4 is 59.0 Å². The van der Waals surface area contributed by atoms with E-state index < -0.39 is 85.3 Å². The highest BCUT2D eigenvalue weighted by Gasteiger charge is 2.32. The Bertz CT molecular complexity index is 804. The summed E-state index contributed by atoms with van der Waals surface area (Å²) in [6.45, 7) is -1.79. The Hall–Kier alpha value is -2.60. The molecule has 17 heteroatoms. The molecule has 0 aliphatic rings. The van der Waals surface area contributed by atoms with Crippen LogP contribution in [-0.4, -0.2) is 118 Å². The summed E-state index contributed by atoms with van der Waals surface area (Å²) >= 11 is 2.81. The number of hydrogen-bond acceptors (Lipinski definition) is 11. The maximum atomic E-state index is 12.6. The molecule has 212 valence electrons. The standard InChI is InChI=1S/C20H36N6O9S2/c1-36-5-3-10(21)16(30)25-13(8-27)19(33)26-14(9-28)18(32)24-12(7-15(22)29)17(31)23-11(20(34)35)4-6-37-2/h10-14,27-28H,3-9,21H2,1-2H3,(H2,22,29)(H,23,31)(H,24,32)(H,25,30)(H,26,33)(H,34,35)/t10-,11-,12-,13-,14-/m0/s1. The normalized spacial score (nSPS) is 14.8. The first-order chi connectivity index (χ1) is 17.4. The topological polar surface area (TPSA) is 263 Å². The SMILES string of the molecule is CSCC[C@H](NC(=O)[C@H](CC(N)=O)NC(=O)[C@H](CO)NC(=O)[C@H](CO)NC(=O)[C@@H](N)CCSC)C(=O)O. The number of hydrogen-bond donors (Lipinski definition) is 9. The van der Waals surface area contributed by atoms with Crippen LogP contribution in [-0.2, 0) is 28.8 Å². The van der Waals surface area contributed by atoms with Gasteiger partial charge in [-0.25, -0.2) is 4.79 Å². The number of carbonyl (C=O) groups is 6. The molecule has 5 amide bonds. The van der Waals surface area contributed by atoms with E-state index in [9.17, 15) is 44.1 Å². The predicted molar refractivity (Wildman–Crippen MR) is 137 cm³/mol. The quantitative estimate of drug-likeness (QED) is 0.0716. The van der Waals surface area contributed by atoms with E-state index in [2.05, 4.69) is 21.3 Å². The molecule has 0 fully saturated rings. The van der Waals surface area contributed by atoms with E-state index in [1.807, 2.05) is 6.26 Å². The van der Waals surface area contributed by atoms with Gasteiger partial charge in [-0.2, -0.15) is 23.5 Å². The van der Waals surface area contributed by atoms with Crippen LogP contribution in [0.4, 0.5) is 0 Å². The number of primary amides is 1. The summed E-state index contributed by atoms with van der Waals surface area (Å²) in [5.41, 5.74) is 10.9. The van der Waals surface area contributed by atoms with Crippen molar-refractivity contribution < 1.29 is 44.1 Å². The first-order valence-electron chi connectivity index (χ1n) is 11.1. The van der Waals surface area contributed by atoms with Crippen LogP contribution in [0.3, 0.4) is 0 Å². The Morgan fingerprint density at radius 3 is 1.54 bits per heavy atom. The largest absolute Gasteiger partial charge is 0.480 e. The molecule has 0 rings (SSSR count). The lowest BCUT2D eigenvalue weighted by Crippen LogP contribution is -2.60. The van der Waals surface area contributed by atoms with E-state index in [-0.39, 0.29) is 6.42 Å². The summed E-state index contributed by atoms with van der Waals surface area (Å²) in [4.78, 5) is 72.7. The molecule has 0 aromatic rings. The highest BCUT2D eigenvalue weighted by Crippen LogP contribution is 2.03. The first-order valence-corrected chi connectivity index (χ1v) is 13.9. The number of aliphatic carboxylic acids is 1. The molecule has 0 heterocycles. The number of aliphatic hydroxyl groups excluding tert-OH is 2. The van der Waals surface area contributed by atoms with Crippen molar-refractivity contribution in [2.24, 2.45) is 11.5 Å². The zero-order chi connectivity index (χ0) is 28.5. The molecule has 0 unspecified atom stereocenters. The van der Waals surface area contributed by atoms with Crippen LogP contribution in [0.25, 0.3) is 0 Å². The molecule has 37 heavy (non-hydrogen) atoms. The second kappa shape index (κ2) is 18.6. The van der Waals surface area contributed by atoms with E-state index in [0.29, 0.717) is 17.9 Å². The summed E-state index contributed by atoms with van der Waals surface area (Å²) in [6.07, 6.45) is 3.26. The van der Waals surface area contributed by atoms with Gasteiger partial charge in [0.05, 0.1) is 25.7 Å². The van der Waals surface area contributed by atoms with E-state index in [1.165, 1.54) is 23.5 Å². The molecular formula is C20H36N6O9S2. The average Bonchev–Trinajstić information content (AvgIpc) is 2.85. The number of amides is 5. The minimum Gasteiger partial charge on any atom is -0.480 e. The third kappa shape index (κ3) is 13.5. The minimum absolute atomic E-state index is 0.0734. The van der Waals surface area contributed by atoms with E-state index in [1.54, 1.807) is 6.26 Å². The maximum Gasteiger partial charge on any atom is 0.326 e. The summed E-state index contributed by atoms with van der Waals surface area (Å²) in [7, 11) is 0. The zero-order valence-corrected chi connectivity index (χ0v) is 22.2. The highest BCUT2D eigenvalue weighted by atomic mass is 32.2. The first kappa shape index (κ1) is 34.4. The Labute approximate surface area is 222 Å². The molecule has 5 atom stereocenters. The summed E-state index contributed by atoms with van der Waals surface area (Å²) in [6, 6.07) is -6.98. The molecule has 11 N–H and O–H groups in total. The highest BCUT2D eigenvalue weighted by molar-refractivity contribution is 7.98. The predicted octanol–water partition coefficient (Wildman–Crippen LogP) is -4.30. The second-order valence-corrected chi connectivity index (χ2v) is 9.76. The fraction of sp³-hybridized carbons (Fsp3) is 0.700. The smallest absolute Gasteiger partial charge is 0.326 e. The molecule has 0 aromatic carbocycles. The van der Waals surface area contributed by atoms with Gasteiger partial charge in [-0.1, -0.05) is 0 Å². The molecule has 0 aliphatic carbocycles. The summed E-state index contributed by atoms with van der Waals surface area (Å²) in [5.74, 6) is -5.16. The number of nitrogens with one attached hydrogen (secondary N) is 4. The molecule has 0 aromatic heterocycles. The van der Waals surface area contributed by atoms with Gasteiger partial charge >= 0.3 is 5.97 Å². The number of carboxylic acids is 1. The van der Waals surface area contributed by atoms with Gasteiger partial charge in [0.15, 0.2) is 0 Å². The van der Waals surface area contributed by atoms with Gasteiger partial charge in [0, 0.05) is 0 Å². The van der Waals surface area contributed by atoms with Crippen molar-refractivity contribution in [3.63, 3.8) is 0 Å². The lowest BCUT2D eigenvalue weighted by molar-refractivity contribution is -0.142. The molecule has 0 spiro atoms. The van der Waals surface area contributed by atoms with E-state index >= 15 is 0 Å². The van der Waals surface area contributed by atoms with Gasteiger partial charge in [-0.05, 0) is 36.9 Å². The van der Waals surface area contributed by atoms with Crippen molar-refractivity contribution in [1.82, 2.24) is 21.3 Å². The molecule has 0 bridgehead atoms. The second-order valence-electron chi connectivity index (χ2n) is 7.79. The van der Waals surface area contributed by atoms with Crippen LogP contribution in [0.15, 0.2) is 0 Å². The van der Waals surface area contributed by atoms with Crippen molar-refractivity contribution in [2.45, 2.75) is 49.5 Å². The number of aliphatic hydroxyl groups is 2. The zero-order valence-electron chi connectivity index (χ0n) is 20.6. The third-order valence-corrected chi connectivity index (χ3v) is 6.15. The van der Waals surface area contributed by atoms with Gasteiger partial charge in [0.2, 0.25) is 29.5 Å². The van der Waals surface area contributed by atoms with Crippen molar-refractivity contribution in [1.29, 1.82) is 0 Å². The van der Waals surface area contributed by atoms with Gasteiger partial charge in [0.25, 0.3) is 0 Å². The number of nitrogens with two attached hydrogens (primary N) is 2. The van der Waals surface area contributed by atoms with Gasteiger partial charge in [-0.3, -0.25) is 24.0 Å². The monoisotopic (exact) mass is 568 g/mol. The third-order valence-electron chi connectivity index (χ3n) is 4.86. The van der Waals surface area contributed by atoms with Crippen molar-refractivity contribution in [2.75, 3.05) is 37.2 Å². The fourth-order valence-electron chi connectivity index (χ4n) is 2.76. The summed E-state index contributed by atoms with van der Waals surface area (Å²) < 4.78 is 0. The van der Waals surface area contributed by atoms with Crippen LogP contribution in [0, 0.1) is 0 Å². The molecule has 15 nitrogen and oxygen atoms in total. The van der Waals surface area contributed by atoms with Crippen LogP contribution >= 0.6 is 23.5 Å². The Kier molecular flexibility index (Phi) is 17.3. The fourth-order valence-corrected chi connectivity index (χ4v) is 3.72. The van der Waals surface area contributed by atoms with Crippen LogP contribution in [0.1, 0.15) is 19.3 Å². The van der Waals surface area contributed by atoms with Crippen molar-refractivity contribution in [3.8, 4) is 0 Å². The maximum absolute atomic E-state index is 12.6. The molecule has 0 saturated heterocycles. The summed E-state index contributed by atoms with van der Waals surface area (Å²) in [5, 5.41) is 37.1. The average molecular weight is 569 g/mol. The van der Waals surface area contributed by atoms with Crippen molar-refractivity contribution in [3.05, 3.63) is 0 Å². The number of thioether (sulfide) groups is 2. The minimum atomic E-state index is -1.65. The van der Waals surface area contributed by atoms with Gasteiger partial charge in [0.1, 0.15) is 24.2 Å². The molecule has 0 aliphatic heterocycles. The van der Waals surface area contributed by atoms with Crippen LogP contribution in [0.5, 0.6) is 0 Å². The van der Waals surface area contributed by atoms with Crippen LogP contribution in [0.2, 0.25) is 0 Å². The Balaban J connectivity index is 5.34. The van der Waals surface area contributed by atoms with Gasteiger partial charge in [-0.15, -0.1) is 0 Å². The molecule has 0 saturated carbocycles. The lowest BCUT2D eigenvalue weighted by atomic mass is 10.1. The van der Waals surface area contributed by atoms with Crippen LogP contribution < -0.4 is 32.7 Å². The van der Waals surface area contributed by atoms with E-state index in [4.69, 9.17) is 11.5 Å². The van der Waals surface area contributed by atoms with Gasteiger partial charge < -0.3 is 48.1 Å². The molecular weight excluding hydrogens is 532 g/mol. The van der Waals surface area contributed by atoms with E-state index in [0.717, 1.165) is 0 Å². The Morgan fingerprint density at radius 2 is 1.11 bits per heavy atom.